The van der Waals surface area contributed by atoms with Crippen molar-refractivity contribution in [2.75, 3.05) is 0 Å². The number of aromatic nitrogens is 1. The molecule has 180 valence electrons. The molecule has 1 aromatic heterocycles. The Morgan fingerprint density at radius 2 is 1.51 bits per heavy atom. The number of rotatable bonds is 5. The highest BCUT2D eigenvalue weighted by Crippen LogP contribution is 2.41. The smallest absolute Gasteiger partial charge is 0.294 e. The molecule has 0 aliphatic heterocycles. The standard InChI is InChI=1S/C26H16F7NO/c27-22-13-15(7-9-21(22)26(31,32)33)19(18-5-1-2-6-20(18)25(28,29)30)14-24(35)17-8-10-23-16(12-17)4-3-11-34-23/h1-13,19H,14H2/t19-/m0/s1. The molecular formula is C26H16F7NO. The second-order valence-electron chi connectivity index (χ2n) is 7.91. The van der Waals surface area contributed by atoms with Crippen LogP contribution in [0, 0.1) is 5.82 Å². The molecule has 1 heterocycles. The van der Waals surface area contributed by atoms with Crippen LogP contribution in [0.5, 0.6) is 0 Å². The minimum Gasteiger partial charge on any atom is -0.294 e. The molecule has 0 aliphatic carbocycles. The van der Waals surface area contributed by atoms with Gasteiger partial charge < -0.3 is 0 Å². The molecule has 0 fully saturated rings. The third kappa shape index (κ3) is 5.18. The monoisotopic (exact) mass is 491 g/mol. The van der Waals surface area contributed by atoms with Crippen LogP contribution in [0.25, 0.3) is 10.9 Å². The molecule has 35 heavy (non-hydrogen) atoms. The van der Waals surface area contributed by atoms with Crippen LogP contribution >= 0.6 is 0 Å². The Labute approximate surface area is 195 Å². The summed E-state index contributed by atoms with van der Waals surface area (Å²) in [5.74, 6) is -3.53. The molecular weight excluding hydrogens is 475 g/mol. The van der Waals surface area contributed by atoms with Crippen molar-refractivity contribution in [3.05, 3.63) is 113 Å². The van der Waals surface area contributed by atoms with Gasteiger partial charge in [-0.25, -0.2) is 4.39 Å². The van der Waals surface area contributed by atoms with Crippen molar-refractivity contribution < 1.29 is 35.5 Å². The number of pyridine rings is 1. The van der Waals surface area contributed by atoms with Crippen molar-refractivity contribution in [2.24, 2.45) is 0 Å². The zero-order valence-electron chi connectivity index (χ0n) is 17.8. The van der Waals surface area contributed by atoms with Gasteiger partial charge in [0.15, 0.2) is 5.78 Å². The summed E-state index contributed by atoms with van der Waals surface area (Å²) in [7, 11) is 0. The van der Waals surface area contributed by atoms with E-state index in [1.807, 2.05) is 0 Å². The van der Waals surface area contributed by atoms with Crippen molar-refractivity contribution in [1.29, 1.82) is 0 Å². The van der Waals surface area contributed by atoms with Gasteiger partial charge in [-0.15, -0.1) is 0 Å². The summed E-state index contributed by atoms with van der Waals surface area (Å²) in [6.07, 6.45) is -8.73. The molecule has 0 bridgehead atoms. The molecule has 4 aromatic rings. The fourth-order valence-corrected chi connectivity index (χ4v) is 4.00. The summed E-state index contributed by atoms with van der Waals surface area (Å²) < 4.78 is 94.7. The highest BCUT2D eigenvalue weighted by molar-refractivity contribution is 6.00. The van der Waals surface area contributed by atoms with Crippen LogP contribution in [0.4, 0.5) is 30.7 Å². The Bertz CT molecular complexity index is 1390. The average molecular weight is 491 g/mol. The molecule has 0 unspecified atom stereocenters. The van der Waals surface area contributed by atoms with Crippen LogP contribution in [0.15, 0.2) is 79.0 Å². The summed E-state index contributed by atoms with van der Waals surface area (Å²) in [6.45, 7) is 0. The van der Waals surface area contributed by atoms with Gasteiger partial charge in [0.05, 0.1) is 16.6 Å². The maximum absolute atomic E-state index is 14.4. The predicted octanol–water partition coefficient (Wildman–Crippen LogP) is 7.82. The van der Waals surface area contributed by atoms with Crippen LogP contribution in [-0.4, -0.2) is 10.8 Å². The third-order valence-electron chi connectivity index (χ3n) is 5.66. The number of Topliss-reactive ketones (excluding diaryl/α,β-unsaturated/α-hetero) is 1. The molecule has 0 aliphatic rings. The highest BCUT2D eigenvalue weighted by Gasteiger charge is 2.37. The van der Waals surface area contributed by atoms with Crippen LogP contribution in [0.1, 0.15) is 45.0 Å². The molecule has 2 nitrogen and oxygen atoms in total. The number of carbonyl (C=O) groups excluding carboxylic acids is 1. The Balaban J connectivity index is 1.81. The molecule has 1 atom stereocenters. The summed E-state index contributed by atoms with van der Waals surface area (Å²) >= 11 is 0. The summed E-state index contributed by atoms with van der Waals surface area (Å²) in [4.78, 5) is 17.3. The molecule has 0 saturated heterocycles. The number of ketones is 1. The predicted molar refractivity (Wildman–Crippen MR) is 115 cm³/mol. The minimum atomic E-state index is -4.98. The van der Waals surface area contributed by atoms with Crippen molar-refractivity contribution in [1.82, 2.24) is 4.98 Å². The van der Waals surface area contributed by atoms with Crippen molar-refractivity contribution in [2.45, 2.75) is 24.7 Å². The number of fused-ring (bicyclic) bond motifs is 1. The number of carbonyl (C=O) groups is 1. The van der Waals surface area contributed by atoms with Gasteiger partial charge in [0.25, 0.3) is 0 Å². The average Bonchev–Trinajstić information content (AvgIpc) is 2.80. The van der Waals surface area contributed by atoms with Gasteiger partial charge in [0.2, 0.25) is 0 Å². The first-order valence-electron chi connectivity index (χ1n) is 10.4. The number of halogens is 7. The summed E-state index contributed by atoms with van der Waals surface area (Å²) in [6, 6.07) is 14.3. The second-order valence-corrected chi connectivity index (χ2v) is 7.91. The molecule has 4 rings (SSSR count). The maximum Gasteiger partial charge on any atom is 0.419 e. The molecule has 0 amide bonds. The first-order chi connectivity index (χ1) is 16.4. The Morgan fingerprint density at radius 3 is 2.20 bits per heavy atom. The number of benzene rings is 3. The van der Waals surface area contributed by atoms with Crippen molar-refractivity contribution in [3.8, 4) is 0 Å². The lowest BCUT2D eigenvalue weighted by molar-refractivity contribution is -0.140. The van der Waals surface area contributed by atoms with Crippen molar-refractivity contribution >= 4 is 16.7 Å². The van der Waals surface area contributed by atoms with E-state index in [-0.39, 0.29) is 16.7 Å². The number of hydrogen-bond acceptors (Lipinski definition) is 2. The zero-order valence-corrected chi connectivity index (χ0v) is 17.8. The topological polar surface area (TPSA) is 30.0 Å². The van der Waals surface area contributed by atoms with E-state index in [4.69, 9.17) is 0 Å². The van der Waals surface area contributed by atoms with Gasteiger partial charge in [-0.3, -0.25) is 9.78 Å². The first kappa shape index (κ1) is 24.4. The maximum atomic E-state index is 14.4. The molecule has 0 spiro atoms. The normalized spacial score (nSPS) is 13.1. The highest BCUT2D eigenvalue weighted by atomic mass is 19.4. The molecule has 0 radical (unpaired) electrons. The lowest BCUT2D eigenvalue weighted by atomic mass is 9.83. The third-order valence-corrected chi connectivity index (χ3v) is 5.66. The quantitative estimate of drug-likeness (QED) is 0.211. The molecule has 0 saturated carbocycles. The fourth-order valence-electron chi connectivity index (χ4n) is 4.00. The van der Waals surface area contributed by atoms with Crippen LogP contribution in [-0.2, 0) is 12.4 Å². The first-order valence-corrected chi connectivity index (χ1v) is 10.4. The van der Waals surface area contributed by atoms with Gasteiger partial charge in [-0.2, -0.15) is 26.3 Å². The largest absolute Gasteiger partial charge is 0.419 e. The number of hydrogen-bond donors (Lipinski definition) is 0. The molecule has 0 N–H and O–H groups in total. The Morgan fingerprint density at radius 1 is 0.800 bits per heavy atom. The van der Waals surface area contributed by atoms with E-state index in [0.29, 0.717) is 23.0 Å². The fraction of sp³-hybridized carbons (Fsp3) is 0.154. The van der Waals surface area contributed by atoms with E-state index < -0.39 is 47.4 Å². The van der Waals surface area contributed by atoms with Crippen LogP contribution in [0.3, 0.4) is 0 Å². The Hall–Kier alpha value is -3.75. The lowest BCUT2D eigenvalue weighted by Crippen LogP contribution is -2.16. The lowest BCUT2D eigenvalue weighted by Gasteiger charge is -2.23. The van der Waals surface area contributed by atoms with E-state index in [0.717, 1.165) is 24.3 Å². The SMILES string of the molecule is O=C(C[C@@H](c1ccc(C(F)(F)F)c(F)c1)c1ccccc1C(F)(F)F)c1ccc2ncccc2c1. The molecule has 9 heteroatoms. The van der Waals surface area contributed by atoms with Gasteiger partial charge in [0, 0.05) is 29.5 Å². The second kappa shape index (κ2) is 9.13. The minimum absolute atomic E-state index is 0.178. The van der Waals surface area contributed by atoms with Crippen molar-refractivity contribution in [3.63, 3.8) is 0 Å². The van der Waals surface area contributed by atoms with E-state index >= 15 is 0 Å². The van der Waals surface area contributed by atoms with E-state index in [1.54, 1.807) is 24.4 Å². The number of alkyl halides is 6. The van der Waals surface area contributed by atoms with Crippen LogP contribution < -0.4 is 0 Å². The number of nitrogens with zero attached hydrogens (tertiary/aromatic N) is 1. The Kier molecular flexibility index (Phi) is 6.36. The summed E-state index contributed by atoms with van der Waals surface area (Å²) in [5, 5.41) is 0.631. The summed E-state index contributed by atoms with van der Waals surface area (Å²) in [5.41, 5.74) is -2.32. The van der Waals surface area contributed by atoms with Gasteiger partial charge in [0.1, 0.15) is 5.82 Å². The van der Waals surface area contributed by atoms with Gasteiger partial charge >= 0.3 is 12.4 Å². The van der Waals surface area contributed by atoms with Gasteiger partial charge in [-0.05, 0) is 53.6 Å². The zero-order chi connectivity index (χ0) is 25.4. The van der Waals surface area contributed by atoms with Gasteiger partial charge in [-0.1, -0.05) is 30.3 Å². The van der Waals surface area contributed by atoms with E-state index in [1.165, 1.54) is 18.2 Å². The molecule has 3 aromatic carbocycles. The van der Waals surface area contributed by atoms with Crippen LogP contribution in [0.2, 0.25) is 0 Å². The van der Waals surface area contributed by atoms with E-state index in [9.17, 15) is 35.5 Å². The van der Waals surface area contributed by atoms with E-state index in [2.05, 4.69) is 4.98 Å².